The Morgan fingerprint density at radius 2 is 2.16 bits per heavy atom. The summed E-state index contributed by atoms with van der Waals surface area (Å²) in [5.74, 6) is -0.751. The Balaban J connectivity index is 2.62. The Morgan fingerprint density at radius 3 is 2.68 bits per heavy atom. The van der Waals surface area contributed by atoms with E-state index in [1.165, 1.54) is 0 Å². The zero-order valence-corrected chi connectivity index (χ0v) is 12.6. The van der Waals surface area contributed by atoms with Gasteiger partial charge in [0.15, 0.2) is 5.76 Å². The van der Waals surface area contributed by atoms with Gasteiger partial charge in [-0.25, -0.2) is 4.79 Å². The minimum absolute atomic E-state index is 0.0572. The van der Waals surface area contributed by atoms with E-state index in [0.717, 1.165) is 4.47 Å². The van der Waals surface area contributed by atoms with Crippen molar-refractivity contribution in [3.8, 4) is 11.3 Å². The van der Waals surface area contributed by atoms with Crippen LogP contribution in [0.2, 0.25) is 5.02 Å². The lowest BCUT2D eigenvalue weighted by atomic mass is 10.0. The maximum absolute atomic E-state index is 11.4. The summed E-state index contributed by atoms with van der Waals surface area (Å²) in [5.41, 5.74) is 1.00. The molecule has 0 aliphatic heterocycles. The van der Waals surface area contributed by atoms with Gasteiger partial charge < -0.3 is 9.63 Å². The molecule has 19 heavy (non-hydrogen) atoms. The molecule has 0 atom stereocenters. The van der Waals surface area contributed by atoms with E-state index < -0.39 is 5.97 Å². The summed E-state index contributed by atoms with van der Waals surface area (Å²) in [5, 5.41) is 13.7. The largest absolute Gasteiger partial charge is 0.477 e. The van der Waals surface area contributed by atoms with Crippen LogP contribution in [0, 0.1) is 0 Å². The Bertz CT molecular complexity index is 637. The van der Waals surface area contributed by atoms with Gasteiger partial charge in [-0.15, -0.1) is 0 Å². The normalized spacial score (nSPS) is 11.0. The fourth-order valence-electron chi connectivity index (χ4n) is 1.74. The Kier molecular flexibility index (Phi) is 3.96. The van der Waals surface area contributed by atoms with Gasteiger partial charge in [0, 0.05) is 16.0 Å². The van der Waals surface area contributed by atoms with E-state index in [1.807, 2.05) is 13.8 Å². The van der Waals surface area contributed by atoms with Crippen LogP contribution in [0.4, 0.5) is 0 Å². The van der Waals surface area contributed by atoms with Crippen LogP contribution in [-0.4, -0.2) is 16.2 Å². The van der Waals surface area contributed by atoms with Crippen LogP contribution in [0.3, 0.4) is 0 Å². The predicted molar refractivity (Wildman–Crippen MR) is 75.7 cm³/mol. The summed E-state index contributed by atoms with van der Waals surface area (Å²) in [6, 6.07) is 5.14. The number of halogens is 2. The Labute approximate surface area is 123 Å². The zero-order chi connectivity index (χ0) is 14.2. The van der Waals surface area contributed by atoms with E-state index in [4.69, 9.17) is 16.1 Å². The minimum atomic E-state index is -1.06. The SMILES string of the molecule is CC(C)c1onc(-c2ccc(Br)c(Cl)c2)c1C(=O)O. The molecule has 0 unspecified atom stereocenters. The number of hydrogen-bond acceptors (Lipinski definition) is 3. The summed E-state index contributed by atoms with van der Waals surface area (Å²) in [6.45, 7) is 3.70. The molecule has 100 valence electrons. The number of aromatic nitrogens is 1. The second-order valence-corrected chi connectivity index (χ2v) is 5.62. The van der Waals surface area contributed by atoms with Gasteiger partial charge in [0.25, 0.3) is 0 Å². The third-order valence-corrected chi connectivity index (χ3v) is 3.88. The monoisotopic (exact) mass is 343 g/mol. The van der Waals surface area contributed by atoms with E-state index in [-0.39, 0.29) is 11.5 Å². The number of carbonyl (C=O) groups is 1. The Morgan fingerprint density at radius 1 is 1.47 bits per heavy atom. The van der Waals surface area contributed by atoms with Gasteiger partial charge >= 0.3 is 5.97 Å². The highest BCUT2D eigenvalue weighted by molar-refractivity contribution is 9.10. The molecule has 0 saturated heterocycles. The molecule has 0 aliphatic rings. The molecule has 2 rings (SSSR count). The molecule has 4 nitrogen and oxygen atoms in total. The van der Waals surface area contributed by atoms with Gasteiger partial charge in [-0.2, -0.15) is 0 Å². The second-order valence-electron chi connectivity index (χ2n) is 4.36. The van der Waals surface area contributed by atoms with Gasteiger partial charge in [0.1, 0.15) is 11.3 Å². The topological polar surface area (TPSA) is 63.3 Å². The fourth-order valence-corrected chi connectivity index (χ4v) is 2.17. The molecule has 1 aromatic heterocycles. The first-order chi connectivity index (χ1) is 8.91. The molecule has 0 bridgehead atoms. The maximum Gasteiger partial charge on any atom is 0.341 e. The first-order valence-electron chi connectivity index (χ1n) is 5.60. The highest BCUT2D eigenvalue weighted by atomic mass is 79.9. The molecule has 0 fully saturated rings. The smallest absolute Gasteiger partial charge is 0.341 e. The molecular formula is C13H11BrClNO3. The quantitative estimate of drug-likeness (QED) is 0.885. The predicted octanol–water partition coefficient (Wildman–Crippen LogP) is 4.58. The number of benzene rings is 1. The van der Waals surface area contributed by atoms with E-state index in [9.17, 15) is 9.90 Å². The summed E-state index contributed by atoms with van der Waals surface area (Å²) in [6.07, 6.45) is 0. The third-order valence-electron chi connectivity index (χ3n) is 2.65. The van der Waals surface area contributed by atoms with Crippen LogP contribution < -0.4 is 0 Å². The van der Waals surface area contributed by atoms with Crippen LogP contribution in [0.15, 0.2) is 27.2 Å². The molecule has 0 amide bonds. The fraction of sp³-hybridized carbons (Fsp3) is 0.231. The van der Waals surface area contributed by atoms with Crippen LogP contribution in [0.1, 0.15) is 35.9 Å². The van der Waals surface area contributed by atoms with Crippen molar-refractivity contribution in [1.29, 1.82) is 0 Å². The van der Waals surface area contributed by atoms with E-state index in [1.54, 1.807) is 18.2 Å². The number of nitrogens with zero attached hydrogens (tertiary/aromatic N) is 1. The number of carboxylic acids is 1. The molecule has 1 aromatic carbocycles. The van der Waals surface area contributed by atoms with Crippen LogP contribution in [0.25, 0.3) is 11.3 Å². The summed E-state index contributed by atoms with van der Waals surface area (Å²) < 4.78 is 5.90. The molecule has 2 aromatic rings. The number of aromatic carboxylic acids is 1. The van der Waals surface area contributed by atoms with Gasteiger partial charge in [0.2, 0.25) is 0 Å². The van der Waals surface area contributed by atoms with Crippen molar-refractivity contribution >= 4 is 33.5 Å². The van der Waals surface area contributed by atoms with E-state index in [2.05, 4.69) is 21.1 Å². The number of hydrogen-bond donors (Lipinski definition) is 1. The Hall–Kier alpha value is -1.33. The summed E-state index contributed by atoms with van der Waals surface area (Å²) >= 11 is 9.30. The van der Waals surface area contributed by atoms with Crippen molar-refractivity contribution in [1.82, 2.24) is 5.16 Å². The molecule has 0 radical (unpaired) electrons. The molecular weight excluding hydrogens is 334 g/mol. The van der Waals surface area contributed by atoms with Crippen molar-refractivity contribution in [2.75, 3.05) is 0 Å². The maximum atomic E-state index is 11.4. The van der Waals surface area contributed by atoms with E-state index >= 15 is 0 Å². The second kappa shape index (κ2) is 5.35. The molecule has 1 heterocycles. The average Bonchev–Trinajstić information content (AvgIpc) is 2.77. The van der Waals surface area contributed by atoms with E-state index in [0.29, 0.717) is 22.0 Å². The van der Waals surface area contributed by atoms with Crippen molar-refractivity contribution in [2.24, 2.45) is 0 Å². The molecule has 6 heteroatoms. The van der Waals surface area contributed by atoms with Crippen molar-refractivity contribution < 1.29 is 14.4 Å². The van der Waals surface area contributed by atoms with Crippen LogP contribution in [0.5, 0.6) is 0 Å². The summed E-state index contributed by atoms with van der Waals surface area (Å²) in [7, 11) is 0. The third kappa shape index (κ3) is 2.67. The molecule has 0 aliphatic carbocycles. The highest BCUT2D eigenvalue weighted by Gasteiger charge is 2.25. The van der Waals surface area contributed by atoms with Crippen molar-refractivity contribution in [3.63, 3.8) is 0 Å². The first kappa shape index (κ1) is 14.1. The minimum Gasteiger partial charge on any atom is -0.477 e. The van der Waals surface area contributed by atoms with Gasteiger partial charge in [-0.05, 0) is 28.1 Å². The lowest BCUT2D eigenvalue weighted by molar-refractivity contribution is 0.0694. The van der Waals surface area contributed by atoms with Gasteiger partial charge in [0.05, 0.1) is 5.02 Å². The molecule has 1 N–H and O–H groups in total. The van der Waals surface area contributed by atoms with Crippen LogP contribution in [-0.2, 0) is 0 Å². The van der Waals surface area contributed by atoms with Crippen LogP contribution >= 0.6 is 27.5 Å². The van der Waals surface area contributed by atoms with Crippen molar-refractivity contribution in [3.05, 3.63) is 39.0 Å². The lowest BCUT2D eigenvalue weighted by Gasteiger charge is -2.03. The highest BCUT2D eigenvalue weighted by Crippen LogP contribution is 2.33. The number of carboxylic acid groups (broad SMARTS) is 1. The van der Waals surface area contributed by atoms with Gasteiger partial charge in [-0.3, -0.25) is 0 Å². The summed E-state index contributed by atoms with van der Waals surface area (Å²) in [4.78, 5) is 11.4. The van der Waals surface area contributed by atoms with Crippen molar-refractivity contribution in [2.45, 2.75) is 19.8 Å². The molecule has 0 spiro atoms. The zero-order valence-electron chi connectivity index (χ0n) is 10.3. The first-order valence-corrected chi connectivity index (χ1v) is 6.77. The lowest BCUT2D eigenvalue weighted by Crippen LogP contribution is -2.02. The number of rotatable bonds is 3. The molecule has 0 saturated carbocycles. The average molecular weight is 345 g/mol. The van der Waals surface area contributed by atoms with Gasteiger partial charge in [-0.1, -0.05) is 36.7 Å². The standard InChI is InChI=1S/C13H11BrClNO3/c1-6(2)12-10(13(17)18)11(16-19-12)7-3-4-8(14)9(15)5-7/h3-6H,1-2H3,(H,17,18).